The minimum atomic E-state index is -0.867. The van der Waals surface area contributed by atoms with E-state index in [0.29, 0.717) is 25.4 Å². The Bertz CT molecular complexity index is 175. The average molecular weight is 172 g/mol. The van der Waals surface area contributed by atoms with E-state index in [1.807, 2.05) is 6.92 Å². The van der Waals surface area contributed by atoms with Crippen molar-refractivity contribution in [3.05, 3.63) is 0 Å². The van der Waals surface area contributed by atoms with Gasteiger partial charge >= 0.3 is 5.97 Å². The maximum absolute atomic E-state index is 10.9. The molecule has 0 aromatic rings. The Morgan fingerprint density at radius 2 is 2.42 bits per heavy atom. The third kappa shape index (κ3) is 1.61. The lowest BCUT2D eigenvalue weighted by molar-refractivity contribution is -0.165. The molecule has 1 saturated carbocycles. The third-order valence-electron chi connectivity index (χ3n) is 2.53. The summed E-state index contributed by atoms with van der Waals surface area (Å²) < 4.78 is 5.32. The zero-order chi connectivity index (χ0) is 9.19. The molecular formula is C9H16O3. The van der Waals surface area contributed by atoms with Gasteiger partial charge in [-0.1, -0.05) is 6.92 Å². The third-order valence-corrected chi connectivity index (χ3v) is 2.53. The first kappa shape index (κ1) is 9.52. The fraction of sp³-hybridized carbons (Fsp3) is 0.889. The SMILES string of the molecule is CCOC1(C(=O)O)CCC(C)C1. The lowest BCUT2D eigenvalue weighted by atomic mass is 10.0. The first-order chi connectivity index (χ1) is 5.60. The number of carboxylic acids is 1. The van der Waals surface area contributed by atoms with Crippen molar-refractivity contribution in [2.75, 3.05) is 6.61 Å². The second-order valence-corrected chi connectivity index (χ2v) is 3.58. The van der Waals surface area contributed by atoms with Gasteiger partial charge in [0, 0.05) is 6.61 Å². The van der Waals surface area contributed by atoms with Crippen molar-refractivity contribution in [1.29, 1.82) is 0 Å². The molecule has 0 aliphatic heterocycles. The first-order valence-corrected chi connectivity index (χ1v) is 4.48. The smallest absolute Gasteiger partial charge is 0.335 e. The molecule has 0 amide bonds. The van der Waals surface area contributed by atoms with Crippen molar-refractivity contribution in [3.63, 3.8) is 0 Å². The van der Waals surface area contributed by atoms with Gasteiger partial charge in [-0.05, 0) is 32.1 Å². The predicted molar refractivity (Wildman–Crippen MR) is 45.0 cm³/mol. The topological polar surface area (TPSA) is 46.5 Å². The highest BCUT2D eigenvalue weighted by molar-refractivity contribution is 5.77. The Balaban J connectivity index is 2.67. The molecule has 2 atom stereocenters. The summed E-state index contributed by atoms with van der Waals surface area (Å²) in [6.07, 6.45) is 2.29. The van der Waals surface area contributed by atoms with E-state index in [1.54, 1.807) is 0 Å². The Labute approximate surface area is 72.7 Å². The number of hydrogen-bond donors (Lipinski definition) is 1. The lowest BCUT2D eigenvalue weighted by Crippen LogP contribution is -2.39. The molecule has 0 aromatic heterocycles. The summed E-state index contributed by atoms with van der Waals surface area (Å²) in [5.41, 5.74) is -0.867. The van der Waals surface area contributed by atoms with Gasteiger partial charge in [-0.3, -0.25) is 0 Å². The predicted octanol–water partition coefficient (Wildman–Crippen LogP) is 1.67. The van der Waals surface area contributed by atoms with Crippen LogP contribution in [0.4, 0.5) is 0 Å². The Kier molecular flexibility index (Phi) is 2.73. The molecule has 3 heteroatoms. The zero-order valence-corrected chi connectivity index (χ0v) is 7.67. The van der Waals surface area contributed by atoms with Gasteiger partial charge in [0.1, 0.15) is 0 Å². The van der Waals surface area contributed by atoms with Gasteiger partial charge in [-0.15, -0.1) is 0 Å². The van der Waals surface area contributed by atoms with E-state index in [9.17, 15) is 4.79 Å². The zero-order valence-electron chi connectivity index (χ0n) is 7.67. The molecular weight excluding hydrogens is 156 g/mol. The van der Waals surface area contributed by atoms with Gasteiger partial charge in [-0.25, -0.2) is 4.79 Å². The number of aliphatic carboxylic acids is 1. The molecule has 0 radical (unpaired) electrons. The molecule has 1 N–H and O–H groups in total. The number of rotatable bonds is 3. The standard InChI is InChI=1S/C9H16O3/c1-3-12-9(8(10)11)5-4-7(2)6-9/h7H,3-6H2,1-2H3,(H,10,11). The lowest BCUT2D eigenvalue weighted by Gasteiger charge is -2.23. The molecule has 1 rings (SSSR count). The number of hydrogen-bond acceptors (Lipinski definition) is 2. The van der Waals surface area contributed by atoms with Crippen LogP contribution < -0.4 is 0 Å². The van der Waals surface area contributed by atoms with E-state index in [-0.39, 0.29) is 0 Å². The van der Waals surface area contributed by atoms with Gasteiger partial charge in [0.05, 0.1) is 0 Å². The number of ether oxygens (including phenoxy) is 1. The summed E-state index contributed by atoms with van der Waals surface area (Å²) in [7, 11) is 0. The van der Waals surface area contributed by atoms with Crippen LogP contribution in [0.5, 0.6) is 0 Å². The minimum Gasteiger partial charge on any atom is -0.479 e. The van der Waals surface area contributed by atoms with Crippen LogP contribution in [0.2, 0.25) is 0 Å². The van der Waals surface area contributed by atoms with Gasteiger partial charge < -0.3 is 9.84 Å². The van der Waals surface area contributed by atoms with Crippen molar-refractivity contribution in [2.45, 2.75) is 38.7 Å². The normalized spacial score (nSPS) is 35.3. The molecule has 1 aliphatic carbocycles. The maximum atomic E-state index is 10.9. The molecule has 1 fully saturated rings. The Morgan fingerprint density at radius 3 is 2.75 bits per heavy atom. The van der Waals surface area contributed by atoms with Crippen molar-refractivity contribution in [2.24, 2.45) is 5.92 Å². The highest BCUT2D eigenvalue weighted by Gasteiger charge is 2.44. The van der Waals surface area contributed by atoms with Gasteiger partial charge in [0.2, 0.25) is 0 Å². The fourth-order valence-electron chi connectivity index (χ4n) is 1.91. The molecule has 0 saturated heterocycles. The molecule has 0 aromatic carbocycles. The van der Waals surface area contributed by atoms with Gasteiger partial charge in [-0.2, -0.15) is 0 Å². The van der Waals surface area contributed by atoms with Gasteiger partial charge in [0.15, 0.2) is 5.60 Å². The van der Waals surface area contributed by atoms with E-state index >= 15 is 0 Å². The summed E-state index contributed by atoms with van der Waals surface area (Å²) in [5, 5.41) is 8.99. The monoisotopic (exact) mass is 172 g/mol. The van der Waals surface area contributed by atoms with E-state index < -0.39 is 11.6 Å². The highest BCUT2D eigenvalue weighted by Crippen LogP contribution is 2.37. The van der Waals surface area contributed by atoms with Gasteiger partial charge in [0.25, 0.3) is 0 Å². The van der Waals surface area contributed by atoms with Crippen LogP contribution >= 0.6 is 0 Å². The van der Waals surface area contributed by atoms with Crippen LogP contribution in [0, 0.1) is 5.92 Å². The van der Waals surface area contributed by atoms with Crippen LogP contribution in [-0.4, -0.2) is 23.3 Å². The van der Waals surface area contributed by atoms with E-state index in [2.05, 4.69) is 6.92 Å². The Morgan fingerprint density at radius 1 is 1.75 bits per heavy atom. The van der Waals surface area contributed by atoms with Crippen LogP contribution in [0.1, 0.15) is 33.1 Å². The van der Waals surface area contributed by atoms with Crippen molar-refractivity contribution < 1.29 is 14.6 Å². The summed E-state index contributed by atoms with van der Waals surface area (Å²) in [6, 6.07) is 0. The summed E-state index contributed by atoms with van der Waals surface area (Å²) in [4.78, 5) is 10.9. The number of carboxylic acid groups (broad SMARTS) is 1. The van der Waals surface area contributed by atoms with Crippen LogP contribution in [0.15, 0.2) is 0 Å². The van der Waals surface area contributed by atoms with Crippen molar-refractivity contribution in [3.8, 4) is 0 Å². The van der Waals surface area contributed by atoms with E-state index in [4.69, 9.17) is 9.84 Å². The maximum Gasteiger partial charge on any atom is 0.335 e. The first-order valence-electron chi connectivity index (χ1n) is 4.48. The largest absolute Gasteiger partial charge is 0.479 e. The molecule has 0 spiro atoms. The highest BCUT2D eigenvalue weighted by atomic mass is 16.5. The summed E-state index contributed by atoms with van der Waals surface area (Å²) in [6.45, 7) is 4.40. The molecule has 12 heavy (non-hydrogen) atoms. The number of carbonyl (C=O) groups is 1. The summed E-state index contributed by atoms with van der Waals surface area (Å²) >= 11 is 0. The average Bonchev–Trinajstić information content (AvgIpc) is 2.34. The fourth-order valence-corrected chi connectivity index (χ4v) is 1.91. The van der Waals surface area contributed by atoms with E-state index in [1.165, 1.54) is 0 Å². The minimum absolute atomic E-state index is 0.479. The van der Waals surface area contributed by atoms with Crippen molar-refractivity contribution >= 4 is 5.97 Å². The van der Waals surface area contributed by atoms with Crippen LogP contribution in [-0.2, 0) is 9.53 Å². The Hall–Kier alpha value is -0.570. The van der Waals surface area contributed by atoms with Crippen molar-refractivity contribution in [1.82, 2.24) is 0 Å². The quantitative estimate of drug-likeness (QED) is 0.704. The summed E-state index contributed by atoms with van der Waals surface area (Å²) in [5.74, 6) is -0.318. The molecule has 1 aliphatic rings. The van der Waals surface area contributed by atoms with E-state index in [0.717, 1.165) is 6.42 Å². The molecule has 0 heterocycles. The molecule has 2 unspecified atom stereocenters. The second kappa shape index (κ2) is 3.44. The second-order valence-electron chi connectivity index (χ2n) is 3.58. The van der Waals surface area contributed by atoms with Crippen LogP contribution in [0.3, 0.4) is 0 Å². The molecule has 0 bridgehead atoms. The molecule has 70 valence electrons. The van der Waals surface area contributed by atoms with Crippen LogP contribution in [0.25, 0.3) is 0 Å². The molecule has 3 nitrogen and oxygen atoms in total.